The molecule has 0 saturated heterocycles. The van der Waals surface area contributed by atoms with E-state index in [1.54, 1.807) is 55.5 Å². The summed E-state index contributed by atoms with van der Waals surface area (Å²) in [6.07, 6.45) is 4.96. The molecule has 1 aliphatic carbocycles. The molecule has 1 unspecified atom stereocenters. The highest BCUT2D eigenvalue weighted by atomic mass is 35.5. The number of carbonyl (C=O) groups excluding carboxylic acids is 2. The van der Waals surface area contributed by atoms with Crippen LogP contribution in [0.4, 0.5) is 5.69 Å². The summed E-state index contributed by atoms with van der Waals surface area (Å²) in [5, 5.41) is 4.13. The third-order valence-electron chi connectivity index (χ3n) is 7.23. The highest BCUT2D eigenvalue weighted by Crippen LogP contribution is 2.29. The fourth-order valence-electron chi connectivity index (χ4n) is 4.86. The molecule has 1 fully saturated rings. The molecular formula is C30H32Cl3N3O4S. The summed E-state index contributed by atoms with van der Waals surface area (Å²) in [4.78, 5) is 28.8. The van der Waals surface area contributed by atoms with E-state index in [0.717, 1.165) is 36.4 Å². The number of hydrogen-bond acceptors (Lipinski definition) is 4. The van der Waals surface area contributed by atoms with Crippen molar-refractivity contribution in [2.75, 3.05) is 10.8 Å². The molecule has 218 valence electrons. The number of nitrogens with one attached hydrogen (secondary N) is 1. The van der Waals surface area contributed by atoms with E-state index in [1.165, 1.54) is 29.2 Å². The summed E-state index contributed by atoms with van der Waals surface area (Å²) < 4.78 is 28.7. The minimum absolute atomic E-state index is 0.0256. The van der Waals surface area contributed by atoms with Gasteiger partial charge in [0.15, 0.2) is 0 Å². The molecule has 1 saturated carbocycles. The number of anilines is 1. The first kappa shape index (κ1) is 31.2. The SMILES string of the molecule is CC(C(=O)NC1CCCCC1)N(Cc1c(Cl)cccc1Cl)C(=O)CN(c1ccccc1)S(=O)(=O)c1ccc(Cl)cc1. The molecule has 1 atom stereocenters. The molecular weight excluding hydrogens is 605 g/mol. The first-order chi connectivity index (χ1) is 19.6. The molecule has 0 heterocycles. The summed E-state index contributed by atoms with van der Waals surface area (Å²) in [6, 6.07) is 18.2. The molecule has 0 spiro atoms. The second-order valence-corrected chi connectivity index (χ2v) is 13.2. The lowest BCUT2D eigenvalue weighted by molar-refractivity contribution is -0.139. The Morgan fingerprint density at radius 2 is 1.49 bits per heavy atom. The summed E-state index contributed by atoms with van der Waals surface area (Å²) in [5.74, 6) is -0.908. The molecule has 11 heteroatoms. The standard InChI is InChI=1S/C30H32Cl3N3O4S/c1-21(30(38)34-23-9-4-2-5-10-23)35(19-26-27(32)13-8-14-28(26)33)29(37)20-36(24-11-6-3-7-12-24)41(39,40)25-17-15-22(31)16-18-25/h3,6-8,11-18,21,23H,2,4-5,9-10,19-20H2,1H3,(H,34,38). The quantitative estimate of drug-likeness (QED) is 0.268. The van der Waals surface area contributed by atoms with Gasteiger partial charge >= 0.3 is 0 Å². The van der Waals surface area contributed by atoms with Crippen LogP contribution in [-0.4, -0.2) is 43.8 Å². The lowest BCUT2D eigenvalue weighted by Crippen LogP contribution is -2.53. The van der Waals surface area contributed by atoms with Crippen LogP contribution in [0.3, 0.4) is 0 Å². The van der Waals surface area contributed by atoms with E-state index in [-0.39, 0.29) is 23.4 Å². The van der Waals surface area contributed by atoms with Gasteiger partial charge in [0.05, 0.1) is 10.6 Å². The van der Waals surface area contributed by atoms with Gasteiger partial charge < -0.3 is 10.2 Å². The van der Waals surface area contributed by atoms with E-state index < -0.39 is 28.5 Å². The number of sulfonamides is 1. The van der Waals surface area contributed by atoms with E-state index in [0.29, 0.717) is 26.3 Å². The number of benzene rings is 3. The van der Waals surface area contributed by atoms with Gasteiger partial charge in [-0.2, -0.15) is 0 Å². The van der Waals surface area contributed by atoms with Crippen LogP contribution < -0.4 is 9.62 Å². The largest absolute Gasteiger partial charge is 0.352 e. The minimum Gasteiger partial charge on any atom is -0.352 e. The van der Waals surface area contributed by atoms with Crippen molar-refractivity contribution >= 4 is 62.3 Å². The molecule has 4 rings (SSSR count). The fourth-order valence-corrected chi connectivity index (χ4v) is 6.92. The van der Waals surface area contributed by atoms with E-state index in [2.05, 4.69) is 5.32 Å². The van der Waals surface area contributed by atoms with Crippen molar-refractivity contribution in [3.63, 3.8) is 0 Å². The van der Waals surface area contributed by atoms with Gasteiger partial charge in [0.25, 0.3) is 10.0 Å². The number of para-hydroxylation sites is 1. The zero-order valence-corrected chi connectivity index (χ0v) is 25.7. The van der Waals surface area contributed by atoms with Gasteiger partial charge in [-0.1, -0.05) is 78.3 Å². The van der Waals surface area contributed by atoms with Gasteiger partial charge in [0, 0.05) is 33.2 Å². The van der Waals surface area contributed by atoms with Gasteiger partial charge in [-0.05, 0) is 68.3 Å². The van der Waals surface area contributed by atoms with Gasteiger partial charge in [0.2, 0.25) is 11.8 Å². The fraction of sp³-hybridized carbons (Fsp3) is 0.333. The number of carbonyl (C=O) groups is 2. The van der Waals surface area contributed by atoms with Crippen LogP contribution in [0.5, 0.6) is 0 Å². The molecule has 3 aromatic rings. The highest BCUT2D eigenvalue weighted by Gasteiger charge is 2.33. The van der Waals surface area contributed by atoms with Crippen molar-refractivity contribution in [2.45, 2.75) is 62.6 Å². The van der Waals surface area contributed by atoms with Crippen LogP contribution in [0.25, 0.3) is 0 Å². The van der Waals surface area contributed by atoms with Crippen LogP contribution >= 0.6 is 34.8 Å². The lowest BCUT2D eigenvalue weighted by atomic mass is 9.95. The van der Waals surface area contributed by atoms with Crippen molar-refractivity contribution in [3.8, 4) is 0 Å². The Labute approximate surface area is 256 Å². The van der Waals surface area contributed by atoms with Gasteiger partial charge in [-0.15, -0.1) is 0 Å². The van der Waals surface area contributed by atoms with Crippen molar-refractivity contribution in [1.82, 2.24) is 10.2 Å². The molecule has 3 aromatic carbocycles. The van der Waals surface area contributed by atoms with E-state index in [4.69, 9.17) is 34.8 Å². The van der Waals surface area contributed by atoms with E-state index >= 15 is 0 Å². The molecule has 0 bridgehead atoms. The Morgan fingerprint density at radius 1 is 0.878 bits per heavy atom. The minimum atomic E-state index is -4.18. The van der Waals surface area contributed by atoms with Crippen molar-refractivity contribution in [1.29, 1.82) is 0 Å². The molecule has 7 nitrogen and oxygen atoms in total. The van der Waals surface area contributed by atoms with Crippen LogP contribution in [0, 0.1) is 0 Å². The third kappa shape index (κ3) is 7.74. The average molecular weight is 637 g/mol. The monoisotopic (exact) mass is 635 g/mol. The molecule has 1 N–H and O–H groups in total. The maximum absolute atomic E-state index is 14.1. The summed E-state index contributed by atoms with van der Waals surface area (Å²) >= 11 is 18.9. The topological polar surface area (TPSA) is 86.8 Å². The Bertz CT molecular complexity index is 1440. The Balaban J connectivity index is 1.69. The third-order valence-corrected chi connectivity index (χ3v) is 9.98. The van der Waals surface area contributed by atoms with E-state index in [9.17, 15) is 18.0 Å². The molecule has 0 radical (unpaired) electrons. The summed E-state index contributed by atoms with van der Waals surface area (Å²) in [6.45, 7) is 0.986. The smallest absolute Gasteiger partial charge is 0.264 e. The first-order valence-electron chi connectivity index (χ1n) is 13.4. The number of amides is 2. The van der Waals surface area contributed by atoms with Crippen molar-refractivity contribution in [3.05, 3.63) is 93.4 Å². The maximum Gasteiger partial charge on any atom is 0.264 e. The van der Waals surface area contributed by atoms with E-state index in [1.807, 2.05) is 0 Å². The highest BCUT2D eigenvalue weighted by molar-refractivity contribution is 7.92. The Kier molecular flexibility index (Phi) is 10.6. The second-order valence-electron chi connectivity index (χ2n) is 10.0. The van der Waals surface area contributed by atoms with Gasteiger partial charge in [-0.3, -0.25) is 13.9 Å². The number of nitrogens with zero attached hydrogens (tertiary/aromatic N) is 2. The normalized spacial score (nSPS) is 14.7. The van der Waals surface area contributed by atoms with Crippen LogP contribution in [0.1, 0.15) is 44.6 Å². The zero-order chi connectivity index (χ0) is 29.6. The van der Waals surface area contributed by atoms with Crippen LogP contribution in [0.2, 0.25) is 15.1 Å². The maximum atomic E-state index is 14.1. The Hall–Kier alpha value is -2.78. The zero-order valence-electron chi connectivity index (χ0n) is 22.6. The van der Waals surface area contributed by atoms with Crippen molar-refractivity contribution in [2.24, 2.45) is 0 Å². The molecule has 0 aliphatic heterocycles. The predicted molar refractivity (Wildman–Crippen MR) is 164 cm³/mol. The van der Waals surface area contributed by atoms with Crippen LogP contribution in [0.15, 0.2) is 77.7 Å². The first-order valence-corrected chi connectivity index (χ1v) is 16.0. The van der Waals surface area contributed by atoms with Crippen LogP contribution in [-0.2, 0) is 26.2 Å². The van der Waals surface area contributed by atoms with Crippen molar-refractivity contribution < 1.29 is 18.0 Å². The molecule has 41 heavy (non-hydrogen) atoms. The second kappa shape index (κ2) is 13.9. The summed E-state index contributed by atoms with van der Waals surface area (Å²) in [5.41, 5.74) is 0.763. The van der Waals surface area contributed by atoms with Gasteiger partial charge in [-0.25, -0.2) is 8.42 Å². The molecule has 0 aromatic heterocycles. The summed E-state index contributed by atoms with van der Waals surface area (Å²) in [7, 11) is -4.18. The Morgan fingerprint density at radius 3 is 2.10 bits per heavy atom. The number of halogens is 3. The predicted octanol–water partition coefficient (Wildman–Crippen LogP) is 6.71. The lowest BCUT2D eigenvalue weighted by Gasteiger charge is -2.33. The number of hydrogen-bond donors (Lipinski definition) is 1. The van der Waals surface area contributed by atoms with Gasteiger partial charge in [0.1, 0.15) is 12.6 Å². The number of rotatable bonds is 10. The average Bonchev–Trinajstić information content (AvgIpc) is 2.96. The molecule has 1 aliphatic rings. The molecule has 2 amide bonds.